The number of aldehydes is 1. The largest absolute Gasteiger partial charge is 0.507 e. The number of halogens is 1. The average molecular weight is 245 g/mol. The molecule has 1 aromatic carbocycles. The first-order valence-corrected chi connectivity index (χ1v) is 4.45. The molecular weight excluding hydrogens is 236 g/mol. The standard InChI is InChI=1S/C9H9BrO3/c1-4-6(3-11)8(12)5(2)9(13)7(4)10/h3,12-13H,1-2H3. The Labute approximate surface area is 84.1 Å². The number of phenolic OH excluding ortho intramolecular Hbond substituents is 2. The Balaban J connectivity index is 3.66. The summed E-state index contributed by atoms with van der Waals surface area (Å²) in [5.41, 5.74) is 1.05. The lowest BCUT2D eigenvalue weighted by Gasteiger charge is -2.10. The second-order valence-corrected chi connectivity index (χ2v) is 3.59. The van der Waals surface area contributed by atoms with E-state index in [0.717, 1.165) is 0 Å². The third kappa shape index (κ3) is 1.42. The average Bonchev–Trinajstić information content (AvgIpc) is 2.13. The van der Waals surface area contributed by atoms with E-state index in [2.05, 4.69) is 15.9 Å². The van der Waals surface area contributed by atoms with Crippen molar-refractivity contribution in [2.75, 3.05) is 0 Å². The van der Waals surface area contributed by atoms with Gasteiger partial charge < -0.3 is 10.2 Å². The predicted molar refractivity (Wildman–Crippen MR) is 52.3 cm³/mol. The number of phenols is 2. The first-order chi connectivity index (χ1) is 6.00. The van der Waals surface area contributed by atoms with Crippen molar-refractivity contribution in [2.45, 2.75) is 13.8 Å². The fourth-order valence-corrected chi connectivity index (χ4v) is 1.61. The number of hydrogen-bond donors (Lipinski definition) is 2. The lowest BCUT2D eigenvalue weighted by molar-refractivity contribution is 0.112. The molecule has 0 unspecified atom stereocenters. The molecule has 0 aliphatic heterocycles. The van der Waals surface area contributed by atoms with Gasteiger partial charge in [0.25, 0.3) is 0 Å². The van der Waals surface area contributed by atoms with Crippen molar-refractivity contribution >= 4 is 22.2 Å². The van der Waals surface area contributed by atoms with Crippen LogP contribution in [0.25, 0.3) is 0 Å². The van der Waals surface area contributed by atoms with Crippen molar-refractivity contribution in [3.63, 3.8) is 0 Å². The van der Waals surface area contributed by atoms with Crippen LogP contribution in [0.3, 0.4) is 0 Å². The van der Waals surface area contributed by atoms with Gasteiger partial charge in [0.2, 0.25) is 0 Å². The van der Waals surface area contributed by atoms with Crippen LogP contribution >= 0.6 is 15.9 Å². The van der Waals surface area contributed by atoms with E-state index in [1.165, 1.54) is 0 Å². The molecule has 0 spiro atoms. The Kier molecular flexibility index (Phi) is 2.61. The maximum Gasteiger partial charge on any atom is 0.154 e. The molecule has 0 aromatic heterocycles. The van der Waals surface area contributed by atoms with Gasteiger partial charge in [-0.15, -0.1) is 0 Å². The van der Waals surface area contributed by atoms with Crippen LogP contribution in [0, 0.1) is 13.8 Å². The summed E-state index contributed by atoms with van der Waals surface area (Å²) < 4.78 is 0.449. The van der Waals surface area contributed by atoms with Crippen molar-refractivity contribution in [3.05, 3.63) is 21.2 Å². The van der Waals surface area contributed by atoms with Crippen molar-refractivity contribution in [1.82, 2.24) is 0 Å². The number of carbonyl (C=O) groups is 1. The first-order valence-electron chi connectivity index (χ1n) is 3.66. The zero-order chi connectivity index (χ0) is 10.2. The smallest absolute Gasteiger partial charge is 0.154 e. The first kappa shape index (κ1) is 10.1. The molecule has 4 heteroatoms. The molecule has 0 bridgehead atoms. The van der Waals surface area contributed by atoms with Gasteiger partial charge in [0.05, 0.1) is 10.0 Å². The maximum atomic E-state index is 10.6. The molecule has 70 valence electrons. The number of hydrogen-bond acceptors (Lipinski definition) is 3. The van der Waals surface area contributed by atoms with E-state index < -0.39 is 0 Å². The molecule has 3 nitrogen and oxygen atoms in total. The predicted octanol–water partition coefficient (Wildman–Crippen LogP) is 2.29. The lowest BCUT2D eigenvalue weighted by atomic mass is 10.0. The summed E-state index contributed by atoms with van der Waals surface area (Å²) in [4.78, 5) is 10.6. The van der Waals surface area contributed by atoms with Crippen LogP contribution in [0.1, 0.15) is 21.5 Å². The SMILES string of the molecule is Cc1c(O)c(Br)c(C)c(C=O)c1O. The summed E-state index contributed by atoms with van der Waals surface area (Å²) in [6.45, 7) is 3.19. The third-order valence-corrected chi connectivity index (χ3v) is 2.99. The molecule has 0 aliphatic rings. The second-order valence-electron chi connectivity index (χ2n) is 2.79. The van der Waals surface area contributed by atoms with Crippen LogP contribution in [-0.4, -0.2) is 16.5 Å². The molecule has 0 amide bonds. The van der Waals surface area contributed by atoms with E-state index in [1.54, 1.807) is 13.8 Å². The summed E-state index contributed by atoms with van der Waals surface area (Å²) in [6.07, 6.45) is 0.571. The fourth-order valence-electron chi connectivity index (χ4n) is 1.10. The Bertz CT molecular complexity index is 343. The van der Waals surface area contributed by atoms with Crippen LogP contribution in [0.5, 0.6) is 11.5 Å². The Morgan fingerprint density at radius 1 is 1.15 bits per heavy atom. The van der Waals surface area contributed by atoms with E-state index in [0.29, 0.717) is 21.9 Å². The third-order valence-electron chi connectivity index (χ3n) is 2.02. The molecule has 1 rings (SSSR count). The molecule has 0 saturated carbocycles. The topological polar surface area (TPSA) is 57.5 Å². The van der Waals surface area contributed by atoms with E-state index in [-0.39, 0.29) is 17.1 Å². The molecule has 0 heterocycles. The minimum Gasteiger partial charge on any atom is -0.507 e. The summed E-state index contributed by atoms with van der Waals surface area (Å²) in [5, 5.41) is 18.9. The van der Waals surface area contributed by atoms with E-state index in [9.17, 15) is 15.0 Å². The van der Waals surface area contributed by atoms with Gasteiger partial charge in [-0.2, -0.15) is 0 Å². The Morgan fingerprint density at radius 2 is 1.69 bits per heavy atom. The van der Waals surface area contributed by atoms with E-state index in [4.69, 9.17) is 0 Å². The quantitative estimate of drug-likeness (QED) is 0.746. The zero-order valence-corrected chi connectivity index (χ0v) is 8.84. The number of aromatic hydroxyl groups is 2. The highest BCUT2D eigenvalue weighted by Crippen LogP contribution is 2.39. The van der Waals surface area contributed by atoms with Crippen molar-refractivity contribution in [3.8, 4) is 11.5 Å². The number of benzene rings is 1. The molecule has 0 radical (unpaired) electrons. The molecule has 0 fully saturated rings. The summed E-state index contributed by atoms with van der Waals surface area (Å²) in [7, 11) is 0. The second kappa shape index (κ2) is 3.38. The van der Waals surface area contributed by atoms with Crippen LogP contribution in [0.4, 0.5) is 0 Å². The summed E-state index contributed by atoms with van der Waals surface area (Å²) in [6, 6.07) is 0. The van der Waals surface area contributed by atoms with Gasteiger partial charge in [0.15, 0.2) is 6.29 Å². The van der Waals surface area contributed by atoms with Gasteiger partial charge in [-0.05, 0) is 35.3 Å². The molecule has 2 N–H and O–H groups in total. The van der Waals surface area contributed by atoms with Crippen LogP contribution < -0.4 is 0 Å². The Hall–Kier alpha value is -1.03. The zero-order valence-electron chi connectivity index (χ0n) is 7.26. The minimum absolute atomic E-state index is 0.0272. The van der Waals surface area contributed by atoms with Gasteiger partial charge in [0, 0.05) is 5.56 Å². The summed E-state index contributed by atoms with van der Waals surface area (Å²) in [5.74, 6) is -0.186. The monoisotopic (exact) mass is 244 g/mol. The fraction of sp³-hybridized carbons (Fsp3) is 0.222. The van der Waals surface area contributed by atoms with Crippen molar-refractivity contribution < 1.29 is 15.0 Å². The summed E-state index contributed by atoms with van der Waals surface area (Å²) >= 11 is 3.14. The normalized spacial score (nSPS) is 10.1. The molecule has 0 saturated heterocycles. The molecule has 0 aliphatic carbocycles. The number of rotatable bonds is 1. The van der Waals surface area contributed by atoms with E-state index in [1.807, 2.05) is 0 Å². The molecule has 1 aromatic rings. The lowest BCUT2D eigenvalue weighted by Crippen LogP contribution is -1.92. The van der Waals surface area contributed by atoms with Gasteiger partial charge in [0.1, 0.15) is 11.5 Å². The van der Waals surface area contributed by atoms with Gasteiger partial charge in [-0.3, -0.25) is 4.79 Å². The maximum absolute atomic E-state index is 10.6. The van der Waals surface area contributed by atoms with Crippen molar-refractivity contribution in [1.29, 1.82) is 0 Å². The van der Waals surface area contributed by atoms with Crippen molar-refractivity contribution in [2.24, 2.45) is 0 Å². The van der Waals surface area contributed by atoms with Gasteiger partial charge in [-0.1, -0.05) is 0 Å². The Morgan fingerprint density at radius 3 is 2.15 bits per heavy atom. The van der Waals surface area contributed by atoms with E-state index >= 15 is 0 Å². The minimum atomic E-state index is -0.159. The van der Waals surface area contributed by atoms with Gasteiger partial charge >= 0.3 is 0 Å². The number of carbonyl (C=O) groups excluding carboxylic acids is 1. The highest BCUT2D eigenvalue weighted by atomic mass is 79.9. The molecule has 13 heavy (non-hydrogen) atoms. The van der Waals surface area contributed by atoms with Crippen LogP contribution in [0.15, 0.2) is 4.47 Å². The molecular formula is C9H9BrO3. The highest BCUT2D eigenvalue weighted by Gasteiger charge is 2.16. The highest BCUT2D eigenvalue weighted by molar-refractivity contribution is 9.10. The van der Waals surface area contributed by atoms with Gasteiger partial charge in [-0.25, -0.2) is 0 Å². The van der Waals surface area contributed by atoms with Crippen LogP contribution in [-0.2, 0) is 0 Å². The molecule has 0 atom stereocenters. The van der Waals surface area contributed by atoms with Crippen LogP contribution in [0.2, 0.25) is 0 Å².